The first-order chi connectivity index (χ1) is 14.9. The number of amides is 1. The molecule has 1 N–H and O–H groups in total. The first-order valence-corrected chi connectivity index (χ1v) is 11.3. The second kappa shape index (κ2) is 8.83. The van der Waals surface area contributed by atoms with Crippen molar-refractivity contribution in [2.45, 2.75) is 20.8 Å². The molecule has 0 unspecified atom stereocenters. The predicted octanol–water partition coefficient (Wildman–Crippen LogP) is 4.78. The highest BCUT2D eigenvalue weighted by Gasteiger charge is 2.18. The molecule has 0 saturated heterocycles. The first-order valence-electron chi connectivity index (χ1n) is 9.50. The number of nitrogens with zero attached hydrogens (tertiary/aromatic N) is 3. The van der Waals surface area contributed by atoms with Gasteiger partial charge in [0.25, 0.3) is 5.91 Å². The maximum atomic E-state index is 12.4. The van der Waals surface area contributed by atoms with E-state index in [4.69, 9.17) is 4.74 Å². The fourth-order valence-corrected chi connectivity index (χ4v) is 4.53. The third-order valence-corrected chi connectivity index (χ3v) is 6.22. The molecule has 0 aliphatic carbocycles. The van der Waals surface area contributed by atoms with Crippen molar-refractivity contribution < 1.29 is 14.3 Å². The van der Waals surface area contributed by atoms with Crippen molar-refractivity contribution >= 4 is 40.2 Å². The average molecular weight is 453 g/mol. The van der Waals surface area contributed by atoms with Gasteiger partial charge >= 0.3 is 5.97 Å². The van der Waals surface area contributed by atoms with Gasteiger partial charge < -0.3 is 10.1 Å². The fourth-order valence-electron chi connectivity index (χ4n) is 3.03. The van der Waals surface area contributed by atoms with Gasteiger partial charge in [-0.25, -0.2) is 14.5 Å². The molecule has 1 amide bonds. The molecule has 0 aliphatic rings. The third-order valence-electron chi connectivity index (χ3n) is 4.65. The predicted molar refractivity (Wildman–Crippen MR) is 122 cm³/mol. The highest BCUT2D eigenvalue weighted by molar-refractivity contribution is 7.14. The Kier molecular flexibility index (Phi) is 5.97. The van der Waals surface area contributed by atoms with Crippen LogP contribution in [-0.2, 0) is 9.53 Å². The molecular weight excluding hydrogens is 432 g/mol. The van der Waals surface area contributed by atoms with Gasteiger partial charge in [-0.15, -0.1) is 11.3 Å². The number of hydrogen-bond acceptors (Lipinski definition) is 7. The van der Waals surface area contributed by atoms with Gasteiger partial charge in [-0.1, -0.05) is 17.7 Å². The van der Waals surface area contributed by atoms with Crippen molar-refractivity contribution in [3.05, 3.63) is 69.1 Å². The van der Waals surface area contributed by atoms with Crippen LogP contribution in [-0.4, -0.2) is 33.2 Å². The van der Waals surface area contributed by atoms with E-state index in [1.807, 2.05) is 61.9 Å². The van der Waals surface area contributed by atoms with Crippen LogP contribution in [0.5, 0.6) is 0 Å². The van der Waals surface area contributed by atoms with Gasteiger partial charge in [-0.05, 0) is 44.4 Å². The Balaban J connectivity index is 1.39. The molecule has 0 spiro atoms. The van der Waals surface area contributed by atoms with Crippen LogP contribution in [0.4, 0.5) is 5.69 Å². The standard InChI is InChI=1S/C22H20N4O3S2/c1-13-4-6-17(7-5-13)26-15(3)20(14(2)25-26)24-19(27)10-29-22(28)18-12-31-21(23-18)16-8-9-30-11-16/h4-9,11-12H,10H2,1-3H3,(H,24,27). The Morgan fingerprint density at radius 1 is 1.10 bits per heavy atom. The van der Waals surface area contributed by atoms with E-state index in [0.717, 1.165) is 27.5 Å². The summed E-state index contributed by atoms with van der Waals surface area (Å²) in [6.07, 6.45) is 0. The number of aryl methyl sites for hydroxylation is 2. The van der Waals surface area contributed by atoms with E-state index in [1.165, 1.54) is 11.3 Å². The van der Waals surface area contributed by atoms with Crippen LogP contribution in [0.2, 0.25) is 0 Å². The molecule has 9 heteroatoms. The lowest BCUT2D eigenvalue weighted by atomic mass is 10.2. The molecule has 3 aromatic heterocycles. The van der Waals surface area contributed by atoms with Crippen molar-refractivity contribution in [2.24, 2.45) is 0 Å². The molecule has 0 radical (unpaired) electrons. The summed E-state index contributed by atoms with van der Waals surface area (Å²) >= 11 is 2.92. The summed E-state index contributed by atoms with van der Waals surface area (Å²) in [5.74, 6) is -1.06. The molecular formula is C22H20N4O3S2. The van der Waals surface area contributed by atoms with Gasteiger partial charge in [0.15, 0.2) is 12.3 Å². The van der Waals surface area contributed by atoms with E-state index in [9.17, 15) is 9.59 Å². The molecule has 0 saturated carbocycles. The van der Waals surface area contributed by atoms with E-state index < -0.39 is 18.5 Å². The largest absolute Gasteiger partial charge is 0.451 e. The van der Waals surface area contributed by atoms with Crippen LogP contribution in [0.25, 0.3) is 16.3 Å². The van der Waals surface area contributed by atoms with Crippen LogP contribution in [0.1, 0.15) is 27.4 Å². The molecule has 7 nitrogen and oxygen atoms in total. The van der Waals surface area contributed by atoms with Crippen molar-refractivity contribution in [1.29, 1.82) is 0 Å². The second-order valence-corrected chi connectivity index (χ2v) is 8.61. The van der Waals surface area contributed by atoms with Crippen LogP contribution in [0.15, 0.2) is 46.5 Å². The maximum Gasteiger partial charge on any atom is 0.358 e. The molecule has 3 heterocycles. The smallest absolute Gasteiger partial charge is 0.358 e. The lowest BCUT2D eigenvalue weighted by Gasteiger charge is -2.08. The number of benzene rings is 1. The first kappa shape index (κ1) is 21.0. The lowest BCUT2D eigenvalue weighted by molar-refractivity contribution is -0.119. The molecule has 0 aliphatic heterocycles. The number of anilines is 1. The highest BCUT2D eigenvalue weighted by atomic mass is 32.1. The third kappa shape index (κ3) is 4.57. The van der Waals surface area contributed by atoms with Crippen molar-refractivity contribution in [3.8, 4) is 16.3 Å². The van der Waals surface area contributed by atoms with Gasteiger partial charge in [-0.3, -0.25) is 4.79 Å². The number of hydrogen-bond donors (Lipinski definition) is 1. The topological polar surface area (TPSA) is 86.1 Å². The highest BCUT2D eigenvalue weighted by Crippen LogP contribution is 2.26. The number of thiazole rings is 1. The summed E-state index contributed by atoms with van der Waals surface area (Å²) in [4.78, 5) is 28.9. The summed E-state index contributed by atoms with van der Waals surface area (Å²) < 4.78 is 6.92. The molecule has 0 bridgehead atoms. The summed E-state index contributed by atoms with van der Waals surface area (Å²) in [5.41, 5.74) is 5.29. The van der Waals surface area contributed by atoms with Gasteiger partial charge in [0.1, 0.15) is 5.01 Å². The van der Waals surface area contributed by atoms with Gasteiger partial charge in [-0.2, -0.15) is 16.4 Å². The minimum Gasteiger partial charge on any atom is -0.451 e. The summed E-state index contributed by atoms with van der Waals surface area (Å²) in [6.45, 7) is 5.31. The number of thiophene rings is 1. The van der Waals surface area contributed by atoms with Gasteiger partial charge in [0.05, 0.1) is 22.8 Å². The van der Waals surface area contributed by atoms with Gasteiger partial charge in [0.2, 0.25) is 0 Å². The Labute approximate surface area is 187 Å². The number of carbonyl (C=O) groups excluding carboxylic acids is 2. The fraction of sp³-hybridized carbons (Fsp3) is 0.182. The summed E-state index contributed by atoms with van der Waals surface area (Å²) in [5, 5.41) is 13.6. The zero-order valence-electron chi connectivity index (χ0n) is 17.2. The second-order valence-electron chi connectivity index (χ2n) is 6.97. The van der Waals surface area contributed by atoms with E-state index in [1.54, 1.807) is 21.4 Å². The molecule has 31 heavy (non-hydrogen) atoms. The molecule has 1 aromatic carbocycles. The number of aromatic nitrogens is 3. The van der Waals surface area contributed by atoms with E-state index in [-0.39, 0.29) is 5.69 Å². The van der Waals surface area contributed by atoms with E-state index in [0.29, 0.717) is 11.4 Å². The van der Waals surface area contributed by atoms with E-state index >= 15 is 0 Å². The molecule has 0 fully saturated rings. The number of esters is 1. The molecule has 4 rings (SSSR count). The number of nitrogens with one attached hydrogen (secondary N) is 1. The maximum absolute atomic E-state index is 12.4. The zero-order valence-corrected chi connectivity index (χ0v) is 18.8. The number of carbonyl (C=O) groups is 2. The minimum atomic E-state index is -0.628. The van der Waals surface area contributed by atoms with Crippen molar-refractivity contribution in [3.63, 3.8) is 0 Å². The van der Waals surface area contributed by atoms with Crippen LogP contribution < -0.4 is 5.32 Å². The number of ether oxygens (including phenoxy) is 1. The Morgan fingerprint density at radius 2 is 1.87 bits per heavy atom. The molecule has 0 atom stereocenters. The normalized spacial score (nSPS) is 10.8. The summed E-state index contributed by atoms with van der Waals surface area (Å²) in [6, 6.07) is 9.89. The van der Waals surface area contributed by atoms with Crippen molar-refractivity contribution in [1.82, 2.24) is 14.8 Å². The van der Waals surface area contributed by atoms with Crippen LogP contribution in [0.3, 0.4) is 0 Å². The Morgan fingerprint density at radius 3 is 2.58 bits per heavy atom. The Bertz CT molecular complexity index is 1220. The quantitative estimate of drug-likeness (QED) is 0.426. The SMILES string of the molecule is Cc1ccc(-n2nc(C)c(NC(=O)COC(=O)c3csc(-c4ccsc4)n3)c2C)cc1. The monoisotopic (exact) mass is 452 g/mol. The minimum absolute atomic E-state index is 0.193. The summed E-state index contributed by atoms with van der Waals surface area (Å²) in [7, 11) is 0. The van der Waals surface area contributed by atoms with E-state index in [2.05, 4.69) is 15.4 Å². The Hall–Kier alpha value is -3.30. The molecule has 158 valence electrons. The van der Waals surface area contributed by atoms with Gasteiger partial charge in [0, 0.05) is 16.3 Å². The molecule has 4 aromatic rings. The average Bonchev–Trinajstić information content (AvgIpc) is 3.50. The zero-order chi connectivity index (χ0) is 22.0. The van der Waals surface area contributed by atoms with Crippen molar-refractivity contribution in [2.75, 3.05) is 11.9 Å². The van der Waals surface area contributed by atoms with Crippen LogP contribution in [0, 0.1) is 20.8 Å². The number of rotatable bonds is 6. The lowest BCUT2D eigenvalue weighted by Crippen LogP contribution is -2.21. The van der Waals surface area contributed by atoms with Crippen LogP contribution >= 0.6 is 22.7 Å².